The molecular formula is C18H22ClNS. The van der Waals surface area contributed by atoms with Crippen molar-refractivity contribution in [2.45, 2.75) is 49.4 Å². The van der Waals surface area contributed by atoms with E-state index < -0.39 is 0 Å². The van der Waals surface area contributed by atoms with E-state index in [1.165, 1.54) is 21.6 Å². The summed E-state index contributed by atoms with van der Waals surface area (Å²) >= 11 is 8.15. The standard InChI is InChI=1S/C18H22ClNS/c1-4-15(20)10-14-6-8-18(16(19)11-14)21-17-7-5-12(2)9-13(17)3/h5-9,11,15H,4,10,20H2,1-3H3. The summed E-state index contributed by atoms with van der Waals surface area (Å²) in [6.45, 7) is 6.36. The fraction of sp³-hybridized carbons (Fsp3) is 0.333. The van der Waals surface area contributed by atoms with Crippen molar-refractivity contribution >= 4 is 23.4 Å². The van der Waals surface area contributed by atoms with Gasteiger partial charge in [0.25, 0.3) is 0 Å². The average Bonchev–Trinajstić information content (AvgIpc) is 2.44. The number of halogens is 1. The van der Waals surface area contributed by atoms with Crippen molar-refractivity contribution in [3.05, 3.63) is 58.1 Å². The maximum absolute atomic E-state index is 6.43. The molecule has 1 atom stereocenters. The van der Waals surface area contributed by atoms with Crippen molar-refractivity contribution < 1.29 is 0 Å². The lowest BCUT2D eigenvalue weighted by Gasteiger charge is -2.12. The summed E-state index contributed by atoms with van der Waals surface area (Å²) in [5, 5.41) is 0.806. The molecule has 3 heteroatoms. The summed E-state index contributed by atoms with van der Waals surface area (Å²) in [5.74, 6) is 0. The smallest absolute Gasteiger partial charge is 0.0548 e. The fourth-order valence-corrected chi connectivity index (χ4v) is 3.44. The van der Waals surface area contributed by atoms with Crippen molar-refractivity contribution in [2.75, 3.05) is 0 Å². The molecule has 2 aromatic carbocycles. The minimum atomic E-state index is 0.207. The zero-order valence-corrected chi connectivity index (χ0v) is 14.4. The third-order valence-corrected chi connectivity index (χ3v) is 5.25. The van der Waals surface area contributed by atoms with Gasteiger partial charge in [0.05, 0.1) is 5.02 Å². The Morgan fingerprint density at radius 3 is 2.43 bits per heavy atom. The van der Waals surface area contributed by atoms with Crippen LogP contribution in [-0.2, 0) is 6.42 Å². The van der Waals surface area contributed by atoms with Crippen molar-refractivity contribution in [3.8, 4) is 0 Å². The Balaban J connectivity index is 2.17. The molecule has 0 radical (unpaired) electrons. The Bertz CT molecular complexity index is 625. The number of aryl methyl sites for hydroxylation is 2. The molecule has 21 heavy (non-hydrogen) atoms. The first-order chi connectivity index (χ1) is 9.99. The molecule has 0 saturated heterocycles. The van der Waals surface area contributed by atoms with E-state index in [0.29, 0.717) is 0 Å². The molecule has 2 N–H and O–H groups in total. The van der Waals surface area contributed by atoms with Crippen LogP contribution in [0.3, 0.4) is 0 Å². The third kappa shape index (κ3) is 4.50. The van der Waals surface area contributed by atoms with Crippen LogP contribution in [0.5, 0.6) is 0 Å². The SMILES string of the molecule is CCC(N)Cc1ccc(Sc2ccc(C)cc2C)c(Cl)c1. The summed E-state index contributed by atoms with van der Waals surface area (Å²) in [7, 11) is 0. The Morgan fingerprint density at radius 1 is 1.10 bits per heavy atom. The minimum Gasteiger partial charge on any atom is -0.327 e. The van der Waals surface area contributed by atoms with Gasteiger partial charge in [0, 0.05) is 15.8 Å². The van der Waals surface area contributed by atoms with Gasteiger partial charge in [-0.05, 0) is 56.0 Å². The van der Waals surface area contributed by atoms with Gasteiger partial charge < -0.3 is 5.73 Å². The van der Waals surface area contributed by atoms with Gasteiger partial charge in [0.2, 0.25) is 0 Å². The van der Waals surface area contributed by atoms with Gasteiger partial charge in [-0.3, -0.25) is 0 Å². The molecule has 0 aliphatic carbocycles. The van der Waals surface area contributed by atoms with Gasteiger partial charge in [0.15, 0.2) is 0 Å². The van der Waals surface area contributed by atoms with Crippen molar-refractivity contribution in [1.82, 2.24) is 0 Å². The minimum absolute atomic E-state index is 0.207. The normalized spacial score (nSPS) is 12.4. The van der Waals surface area contributed by atoms with Gasteiger partial charge in [-0.1, -0.05) is 54.0 Å². The summed E-state index contributed by atoms with van der Waals surface area (Å²) in [6.07, 6.45) is 1.86. The number of rotatable bonds is 5. The van der Waals surface area contributed by atoms with Crippen LogP contribution in [0.2, 0.25) is 5.02 Å². The van der Waals surface area contributed by atoms with E-state index in [1.54, 1.807) is 11.8 Å². The first-order valence-corrected chi connectivity index (χ1v) is 8.48. The van der Waals surface area contributed by atoms with Gasteiger partial charge in [-0.25, -0.2) is 0 Å². The number of benzene rings is 2. The Hall–Kier alpha value is -0.960. The van der Waals surface area contributed by atoms with Gasteiger partial charge in [0.1, 0.15) is 0 Å². The van der Waals surface area contributed by atoms with Crippen LogP contribution >= 0.6 is 23.4 Å². The van der Waals surface area contributed by atoms with E-state index in [-0.39, 0.29) is 6.04 Å². The molecular weight excluding hydrogens is 298 g/mol. The molecule has 0 aliphatic rings. The predicted molar refractivity (Wildman–Crippen MR) is 93.5 cm³/mol. The Kier molecular flexibility index (Phi) is 5.74. The first-order valence-electron chi connectivity index (χ1n) is 7.28. The lowest BCUT2D eigenvalue weighted by atomic mass is 10.1. The molecule has 0 heterocycles. The predicted octanol–water partition coefficient (Wildman–Crippen LogP) is 5.39. The molecule has 0 aliphatic heterocycles. The lowest BCUT2D eigenvalue weighted by Crippen LogP contribution is -2.21. The van der Waals surface area contributed by atoms with Crippen molar-refractivity contribution in [2.24, 2.45) is 5.73 Å². The average molecular weight is 320 g/mol. The molecule has 0 aromatic heterocycles. The highest BCUT2D eigenvalue weighted by Crippen LogP contribution is 2.35. The Labute approximate surface area is 136 Å². The molecule has 0 spiro atoms. The van der Waals surface area contributed by atoms with E-state index in [9.17, 15) is 0 Å². The van der Waals surface area contributed by atoms with E-state index >= 15 is 0 Å². The van der Waals surface area contributed by atoms with Gasteiger partial charge in [-0.15, -0.1) is 0 Å². The van der Waals surface area contributed by atoms with Crippen LogP contribution in [-0.4, -0.2) is 6.04 Å². The molecule has 1 nitrogen and oxygen atoms in total. The molecule has 0 saturated carbocycles. The van der Waals surface area contributed by atoms with Crippen molar-refractivity contribution in [1.29, 1.82) is 0 Å². The van der Waals surface area contributed by atoms with Crippen molar-refractivity contribution in [3.63, 3.8) is 0 Å². The second kappa shape index (κ2) is 7.35. The van der Waals surface area contributed by atoms with E-state index in [0.717, 1.165) is 22.8 Å². The molecule has 0 fully saturated rings. The van der Waals surface area contributed by atoms with Gasteiger partial charge in [-0.2, -0.15) is 0 Å². The molecule has 0 bridgehead atoms. The highest BCUT2D eigenvalue weighted by Gasteiger charge is 2.08. The number of hydrogen-bond acceptors (Lipinski definition) is 2. The molecule has 0 amide bonds. The molecule has 2 aromatic rings. The van der Waals surface area contributed by atoms with Gasteiger partial charge >= 0.3 is 0 Å². The molecule has 1 unspecified atom stereocenters. The topological polar surface area (TPSA) is 26.0 Å². The lowest BCUT2D eigenvalue weighted by molar-refractivity contribution is 0.646. The number of nitrogens with two attached hydrogens (primary N) is 1. The van der Waals surface area contributed by atoms with Crippen LogP contribution < -0.4 is 5.73 Å². The van der Waals surface area contributed by atoms with Crippen LogP contribution in [0.15, 0.2) is 46.2 Å². The zero-order valence-electron chi connectivity index (χ0n) is 12.8. The fourth-order valence-electron chi connectivity index (χ4n) is 2.23. The Morgan fingerprint density at radius 2 is 1.81 bits per heavy atom. The first kappa shape index (κ1) is 16.4. The zero-order chi connectivity index (χ0) is 15.4. The largest absolute Gasteiger partial charge is 0.327 e. The van der Waals surface area contributed by atoms with E-state index in [2.05, 4.69) is 51.1 Å². The molecule has 112 valence electrons. The quantitative estimate of drug-likeness (QED) is 0.799. The number of hydrogen-bond donors (Lipinski definition) is 1. The summed E-state index contributed by atoms with van der Waals surface area (Å²) < 4.78 is 0. The highest BCUT2D eigenvalue weighted by molar-refractivity contribution is 7.99. The molecule has 2 rings (SSSR count). The second-order valence-electron chi connectivity index (χ2n) is 5.51. The summed E-state index contributed by atoms with van der Waals surface area (Å²) in [5.41, 5.74) is 9.78. The second-order valence-corrected chi connectivity index (χ2v) is 7.00. The van der Waals surface area contributed by atoms with Crippen LogP contribution in [0.4, 0.5) is 0 Å². The third-order valence-electron chi connectivity index (χ3n) is 3.57. The highest BCUT2D eigenvalue weighted by atomic mass is 35.5. The van der Waals surface area contributed by atoms with E-state index in [4.69, 9.17) is 17.3 Å². The summed E-state index contributed by atoms with van der Waals surface area (Å²) in [6, 6.07) is 13.0. The van der Waals surface area contributed by atoms with Crippen LogP contribution in [0.25, 0.3) is 0 Å². The van der Waals surface area contributed by atoms with E-state index in [1.807, 2.05) is 6.07 Å². The van der Waals surface area contributed by atoms with Crippen LogP contribution in [0.1, 0.15) is 30.0 Å². The maximum atomic E-state index is 6.43. The van der Waals surface area contributed by atoms with Crippen LogP contribution in [0, 0.1) is 13.8 Å². The monoisotopic (exact) mass is 319 g/mol. The summed E-state index contributed by atoms with van der Waals surface area (Å²) in [4.78, 5) is 2.35. The maximum Gasteiger partial charge on any atom is 0.0548 e.